The predicted octanol–water partition coefficient (Wildman–Crippen LogP) is 2.00. The van der Waals surface area contributed by atoms with Crippen LogP contribution < -0.4 is 4.90 Å². The van der Waals surface area contributed by atoms with Crippen LogP contribution in [0, 0.1) is 17.5 Å². The molecule has 180 valence electrons. The molecule has 1 unspecified atom stereocenters. The lowest BCUT2D eigenvalue weighted by Gasteiger charge is -2.35. The molecule has 3 aliphatic rings. The molecule has 0 bridgehead atoms. The number of likely N-dealkylation sites (tertiary alicyclic amines) is 1. The van der Waals surface area contributed by atoms with E-state index < -0.39 is 17.5 Å². The Morgan fingerprint density at radius 3 is 2.53 bits per heavy atom. The number of anilines is 1. The number of hydrogen-bond donors (Lipinski definition) is 0. The molecule has 0 radical (unpaired) electrons. The van der Waals surface area contributed by atoms with Crippen molar-refractivity contribution in [1.82, 2.24) is 19.6 Å². The third kappa shape index (κ3) is 3.82. The number of nitrogens with zero attached hydrogens (tertiary/aromatic N) is 5. The normalized spacial score (nSPS) is 22.6. The molecule has 0 spiro atoms. The number of hydrogen-bond acceptors (Lipinski definition) is 4. The van der Waals surface area contributed by atoms with E-state index in [1.54, 1.807) is 25.6 Å². The maximum Gasteiger partial charge on any atom is 0.229 e. The first-order chi connectivity index (χ1) is 16.2. The topological polar surface area (TPSA) is 78.8 Å². The Morgan fingerprint density at radius 2 is 1.85 bits per heavy atom. The zero-order chi connectivity index (χ0) is 24.1. The molecule has 0 N–H and O–H groups in total. The summed E-state index contributed by atoms with van der Waals surface area (Å²) in [5.41, 5.74) is 1.33. The van der Waals surface area contributed by atoms with E-state index in [4.69, 9.17) is 0 Å². The highest BCUT2D eigenvalue weighted by molar-refractivity contribution is 5.97. The molecule has 0 aliphatic carbocycles. The highest BCUT2D eigenvalue weighted by atomic mass is 19.2. The minimum atomic E-state index is -1.57. The highest BCUT2D eigenvalue weighted by Crippen LogP contribution is 2.32. The van der Waals surface area contributed by atoms with Crippen molar-refractivity contribution in [2.45, 2.75) is 57.8 Å². The summed E-state index contributed by atoms with van der Waals surface area (Å²) in [5.74, 6) is -4.66. The molecule has 11 heteroatoms. The Balaban J connectivity index is 1.34. The number of carbonyl (C=O) groups excluding carboxylic acids is 3. The number of fused-ring (bicyclic) bond motifs is 1. The van der Waals surface area contributed by atoms with Crippen LogP contribution in [0.15, 0.2) is 18.3 Å². The summed E-state index contributed by atoms with van der Waals surface area (Å²) in [7, 11) is 0. The van der Waals surface area contributed by atoms with Gasteiger partial charge in [0.25, 0.3) is 0 Å². The first kappa shape index (κ1) is 22.4. The molecule has 4 heterocycles. The van der Waals surface area contributed by atoms with Crippen LogP contribution in [-0.2, 0) is 33.9 Å². The van der Waals surface area contributed by atoms with E-state index in [1.807, 2.05) is 6.92 Å². The lowest BCUT2D eigenvalue weighted by Crippen LogP contribution is -2.46. The molecule has 3 aliphatic heterocycles. The molecule has 34 heavy (non-hydrogen) atoms. The monoisotopic (exact) mass is 475 g/mol. The van der Waals surface area contributed by atoms with Gasteiger partial charge in [-0.15, -0.1) is 0 Å². The van der Waals surface area contributed by atoms with Gasteiger partial charge in [-0.2, -0.15) is 5.10 Å². The molecule has 5 rings (SSSR count). The van der Waals surface area contributed by atoms with Crippen LogP contribution in [0.1, 0.15) is 37.4 Å². The summed E-state index contributed by atoms with van der Waals surface area (Å²) in [4.78, 5) is 42.9. The predicted molar refractivity (Wildman–Crippen MR) is 114 cm³/mol. The fourth-order valence-electron chi connectivity index (χ4n) is 5.12. The minimum Gasteiger partial charge on any atom is -0.337 e. The largest absolute Gasteiger partial charge is 0.337 e. The van der Waals surface area contributed by atoms with Gasteiger partial charge in [0.2, 0.25) is 17.7 Å². The number of benzene rings is 1. The van der Waals surface area contributed by atoms with Gasteiger partial charge in [0.1, 0.15) is 0 Å². The van der Waals surface area contributed by atoms with Gasteiger partial charge in [-0.1, -0.05) is 0 Å². The average Bonchev–Trinajstić information content (AvgIpc) is 3.49. The molecule has 1 aromatic heterocycles. The standard InChI is InChI=1S/C23H24F3N5O3/c1-13-10-31-19(12-29(13)21(33)7-14-5-16(24)23(26)17(25)6-14)18(9-27-31)30-11-15(8-22(30)34)28-4-2-3-20(28)32/h5-6,9,13,15H,2-4,7-8,10-12H2,1H3/t13-,15?/m0/s1. The van der Waals surface area contributed by atoms with E-state index in [0.717, 1.165) is 18.6 Å². The number of aromatic nitrogens is 2. The Bertz CT molecular complexity index is 1160. The van der Waals surface area contributed by atoms with Gasteiger partial charge in [0.05, 0.1) is 43.1 Å². The molecule has 2 saturated heterocycles. The van der Waals surface area contributed by atoms with Crippen molar-refractivity contribution in [1.29, 1.82) is 0 Å². The van der Waals surface area contributed by atoms with E-state index in [2.05, 4.69) is 5.10 Å². The second kappa shape index (κ2) is 8.44. The van der Waals surface area contributed by atoms with Crippen molar-refractivity contribution >= 4 is 23.4 Å². The Kier molecular flexibility index (Phi) is 5.57. The smallest absolute Gasteiger partial charge is 0.229 e. The Morgan fingerprint density at radius 1 is 1.12 bits per heavy atom. The van der Waals surface area contributed by atoms with Crippen LogP contribution in [0.25, 0.3) is 0 Å². The zero-order valence-electron chi connectivity index (χ0n) is 18.6. The molecule has 0 saturated carbocycles. The quantitative estimate of drug-likeness (QED) is 0.634. The fourth-order valence-corrected chi connectivity index (χ4v) is 5.12. The molecular formula is C23H24F3N5O3. The lowest BCUT2D eigenvalue weighted by atomic mass is 10.1. The van der Waals surface area contributed by atoms with Crippen molar-refractivity contribution in [3.63, 3.8) is 0 Å². The molecule has 3 amide bonds. The van der Waals surface area contributed by atoms with Crippen LogP contribution in [0.5, 0.6) is 0 Å². The van der Waals surface area contributed by atoms with Crippen LogP contribution in [0.3, 0.4) is 0 Å². The zero-order valence-corrected chi connectivity index (χ0v) is 18.6. The van der Waals surface area contributed by atoms with Gasteiger partial charge < -0.3 is 14.7 Å². The van der Waals surface area contributed by atoms with Gasteiger partial charge >= 0.3 is 0 Å². The van der Waals surface area contributed by atoms with Crippen molar-refractivity contribution in [2.75, 3.05) is 18.0 Å². The van der Waals surface area contributed by atoms with Crippen LogP contribution >= 0.6 is 0 Å². The molecule has 1 aromatic carbocycles. The summed E-state index contributed by atoms with van der Waals surface area (Å²) in [6, 6.07) is 1.22. The number of amides is 3. The summed E-state index contributed by atoms with van der Waals surface area (Å²) >= 11 is 0. The number of carbonyl (C=O) groups is 3. The third-order valence-electron chi connectivity index (χ3n) is 6.88. The highest BCUT2D eigenvalue weighted by Gasteiger charge is 2.40. The summed E-state index contributed by atoms with van der Waals surface area (Å²) in [5, 5.41) is 4.40. The summed E-state index contributed by atoms with van der Waals surface area (Å²) in [6.45, 7) is 3.42. The lowest BCUT2D eigenvalue weighted by molar-refractivity contribution is -0.134. The summed E-state index contributed by atoms with van der Waals surface area (Å²) < 4.78 is 42.2. The minimum absolute atomic E-state index is 0.0424. The van der Waals surface area contributed by atoms with E-state index in [-0.39, 0.29) is 54.8 Å². The van der Waals surface area contributed by atoms with Gasteiger partial charge in [-0.05, 0) is 31.0 Å². The van der Waals surface area contributed by atoms with Crippen LogP contribution in [0.2, 0.25) is 0 Å². The third-order valence-corrected chi connectivity index (χ3v) is 6.88. The van der Waals surface area contributed by atoms with Crippen molar-refractivity contribution in [3.05, 3.63) is 47.0 Å². The molecule has 2 fully saturated rings. The maximum atomic E-state index is 13.6. The van der Waals surface area contributed by atoms with E-state index in [0.29, 0.717) is 37.4 Å². The van der Waals surface area contributed by atoms with Gasteiger partial charge in [-0.25, -0.2) is 13.2 Å². The van der Waals surface area contributed by atoms with E-state index >= 15 is 0 Å². The maximum absolute atomic E-state index is 13.6. The van der Waals surface area contributed by atoms with Crippen LogP contribution in [-0.4, -0.2) is 62.5 Å². The molecule has 8 nitrogen and oxygen atoms in total. The Hall–Kier alpha value is -3.37. The summed E-state index contributed by atoms with van der Waals surface area (Å²) in [6.07, 6.45) is 2.86. The molecule has 2 aromatic rings. The number of rotatable bonds is 4. The second-order valence-corrected chi connectivity index (χ2v) is 9.13. The SMILES string of the molecule is C[C@H]1Cn2ncc(N3CC(N4CCCC4=O)CC3=O)c2CN1C(=O)Cc1cc(F)c(F)c(F)c1. The van der Waals surface area contributed by atoms with Crippen LogP contribution in [0.4, 0.5) is 18.9 Å². The second-order valence-electron chi connectivity index (χ2n) is 9.13. The van der Waals surface area contributed by atoms with Crippen molar-refractivity contribution < 1.29 is 27.6 Å². The average molecular weight is 475 g/mol. The van der Waals surface area contributed by atoms with E-state index in [9.17, 15) is 27.6 Å². The molecular weight excluding hydrogens is 451 g/mol. The van der Waals surface area contributed by atoms with E-state index in [1.165, 1.54) is 0 Å². The first-order valence-electron chi connectivity index (χ1n) is 11.3. The molecule has 2 atom stereocenters. The number of halogens is 3. The van der Waals surface area contributed by atoms with Gasteiger partial charge in [-0.3, -0.25) is 19.1 Å². The van der Waals surface area contributed by atoms with Gasteiger partial charge in [0, 0.05) is 32.0 Å². The first-order valence-corrected chi connectivity index (χ1v) is 11.3. The fraction of sp³-hybridized carbons (Fsp3) is 0.478. The van der Waals surface area contributed by atoms with Gasteiger partial charge in [0.15, 0.2) is 17.5 Å². The van der Waals surface area contributed by atoms with Crippen molar-refractivity contribution in [2.24, 2.45) is 0 Å². The van der Waals surface area contributed by atoms with Crippen molar-refractivity contribution in [3.8, 4) is 0 Å². The Labute approximate surface area is 193 Å².